The van der Waals surface area contributed by atoms with E-state index in [1.807, 2.05) is 0 Å². The third-order valence-corrected chi connectivity index (χ3v) is 4.89. The van der Waals surface area contributed by atoms with Crippen molar-refractivity contribution in [3.05, 3.63) is 0 Å². The fourth-order valence-electron chi connectivity index (χ4n) is 2.50. The summed E-state index contributed by atoms with van der Waals surface area (Å²) >= 11 is 2.13. The molecular formula is C10H18OS. The van der Waals surface area contributed by atoms with Crippen molar-refractivity contribution in [1.29, 1.82) is 0 Å². The van der Waals surface area contributed by atoms with E-state index in [0.29, 0.717) is 0 Å². The zero-order chi connectivity index (χ0) is 8.60. The Kier molecular flexibility index (Phi) is 2.39. The summed E-state index contributed by atoms with van der Waals surface area (Å²) in [5, 5.41) is 11.7. The van der Waals surface area contributed by atoms with Crippen LogP contribution in [0.5, 0.6) is 0 Å². The minimum atomic E-state index is -0.305. The van der Waals surface area contributed by atoms with Crippen molar-refractivity contribution in [3.63, 3.8) is 0 Å². The van der Waals surface area contributed by atoms with Gasteiger partial charge in [0.2, 0.25) is 0 Å². The Morgan fingerprint density at radius 3 is 2.42 bits per heavy atom. The molecule has 0 aromatic rings. The molecule has 2 heterocycles. The first-order chi connectivity index (χ1) is 5.72. The summed E-state index contributed by atoms with van der Waals surface area (Å²) in [4.78, 5) is 0. The van der Waals surface area contributed by atoms with Crippen LogP contribution >= 0.6 is 11.8 Å². The lowest BCUT2D eigenvalue weighted by atomic mass is 9.84. The molecule has 0 spiro atoms. The zero-order valence-corrected chi connectivity index (χ0v) is 8.57. The first kappa shape index (κ1) is 8.89. The van der Waals surface area contributed by atoms with Crippen molar-refractivity contribution >= 4 is 11.8 Å². The molecule has 12 heavy (non-hydrogen) atoms. The van der Waals surface area contributed by atoms with Gasteiger partial charge in [-0.3, -0.25) is 0 Å². The van der Waals surface area contributed by atoms with Crippen molar-refractivity contribution in [2.75, 3.05) is 0 Å². The van der Waals surface area contributed by atoms with Gasteiger partial charge in [-0.15, -0.1) is 0 Å². The van der Waals surface area contributed by atoms with Gasteiger partial charge in [0.05, 0.1) is 5.60 Å². The predicted octanol–water partition coefficient (Wildman–Crippen LogP) is 2.58. The Bertz CT molecular complexity index is 157. The van der Waals surface area contributed by atoms with Gasteiger partial charge in [0.1, 0.15) is 0 Å². The van der Waals surface area contributed by atoms with E-state index < -0.39 is 0 Å². The monoisotopic (exact) mass is 186 g/mol. The number of fused-ring (bicyclic) bond motifs is 2. The van der Waals surface area contributed by atoms with Crippen molar-refractivity contribution < 1.29 is 5.11 Å². The van der Waals surface area contributed by atoms with E-state index >= 15 is 0 Å². The highest BCUT2D eigenvalue weighted by atomic mass is 32.2. The van der Waals surface area contributed by atoms with Gasteiger partial charge < -0.3 is 5.11 Å². The summed E-state index contributed by atoms with van der Waals surface area (Å²) in [6.07, 6.45) is 7.10. The van der Waals surface area contributed by atoms with Crippen LogP contribution in [-0.2, 0) is 0 Å². The summed E-state index contributed by atoms with van der Waals surface area (Å²) in [5.74, 6) is 0. The zero-order valence-electron chi connectivity index (χ0n) is 7.75. The molecule has 0 radical (unpaired) electrons. The number of thioether (sulfide) groups is 1. The van der Waals surface area contributed by atoms with Crippen LogP contribution < -0.4 is 0 Å². The van der Waals surface area contributed by atoms with Gasteiger partial charge in [-0.2, -0.15) is 11.8 Å². The average molecular weight is 186 g/mol. The molecule has 2 saturated heterocycles. The molecule has 1 nitrogen and oxygen atoms in total. The third-order valence-electron chi connectivity index (χ3n) is 3.31. The molecule has 0 amide bonds. The summed E-state index contributed by atoms with van der Waals surface area (Å²) in [6, 6.07) is 0. The van der Waals surface area contributed by atoms with E-state index in [2.05, 4.69) is 18.7 Å². The SMILES string of the molecule is CCC1(O)CC2CCCC(C1)S2. The molecule has 2 atom stereocenters. The highest BCUT2D eigenvalue weighted by Crippen LogP contribution is 2.46. The normalized spacial score (nSPS) is 47.5. The van der Waals surface area contributed by atoms with Gasteiger partial charge in [0.25, 0.3) is 0 Å². The number of rotatable bonds is 1. The molecule has 70 valence electrons. The first-order valence-electron chi connectivity index (χ1n) is 5.10. The third kappa shape index (κ3) is 1.64. The molecule has 0 aliphatic carbocycles. The summed E-state index contributed by atoms with van der Waals surface area (Å²) in [6.45, 7) is 2.12. The molecule has 2 rings (SSSR count). The van der Waals surface area contributed by atoms with Crippen LogP contribution in [0.3, 0.4) is 0 Å². The van der Waals surface area contributed by atoms with E-state index in [4.69, 9.17) is 0 Å². The van der Waals surface area contributed by atoms with Gasteiger partial charge >= 0.3 is 0 Å². The largest absolute Gasteiger partial charge is 0.390 e. The topological polar surface area (TPSA) is 20.2 Å². The standard InChI is InChI=1S/C10H18OS/c1-2-10(11)6-8-4-3-5-9(7-10)12-8/h8-9,11H,2-7H2,1H3. The van der Waals surface area contributed by atoms with Gasteiger partial charge in [0.15, 0.2) is 0 Å². The van der Waals surface area contributed by atoms with Crippen LogP contribution in [0, 0.1) is 0 Å². The van der Waals surface area contributed by atoms with Gasteiger partial charge in [0, 0.05) is 10.5 Å². The number of aliphatic hydroxyl groups is 1. The molecule has 2 heteroatoms. The maximum absolute atomic E-state index is 10.2. The Morgan fingerprint density at radius 1 is 1.33 bits per heavy atom. The highest BCUT2D eigenvalue weighted by molar-refractivity contribution is 8.00. The summed E-state index contributed by atoms with van der Waals surface area (Å²) < 4.78 is 0. The van der Waals surface area contributed by atoms with Crippen LogP contribution in [0.15, 0.2) is 0 Å². The second-order valence-electron chi connectivity index (χ2n) is 4.30. The van der Waals surface area contributed by atoms with Crippen LogP contribution in [0.2, 0.25) is 0 Å². The second kappa shape index (κ2) is 3.22. The molecule has 2 aliphatic heterocycles. The predicted molar refractivity (Wildman–Crippen MR) is 53.5 cm³/mol. The first-order valence-corrected chi connectivity index (χ1v) is 6.04. The van der Waals surface area contributed by atoms with Crippen molar-refractivity contribution in [2.24, 2.45) is 0 Å². The Balaban J connectivity index is 2.05. The molecule has 0 saturated carbocycles. The van der Waals surface area contributed by atoms with Gasteiger partial charge in [-0.05, 0) is 32.1 Å². The number of hydrogen-bond acceptors (Lipinski definition) is 2. The number of hydrogen-bond donors (Lipinski definition) is 1. The molecule has 2 fully saturated rings. The summed E-state index contributed by atoms with van der Waals surface area (Å²) in [5.41, 5.74) is -0.305. The van der Waals surface area contributed by atoms with Crippen LogP contribution in [0.4, 0.5) is 0 Å². The molecule has 1 N–H and O–H groups in total. The minimum Gasteiger partial charge on any atom is -0.390 e. The van der Waals surface area contributed by atoms with Crippen molar-refractivity contribution in [2.45, 2.75) is 61.5 Å². The smallest absolute Gasteiger partial charge is 0.0666 e. The van der Waals surface area contributed by atoms with E-state index in [9.17, 15) is 5.11 Å². The molecule has 2 aliphatic rings. The Hall–Kier alpha value is 0.310. The van der Waals surface area contributed by atoms with Crippen molar-refractivity contribution in [3.8, 4) is 0 Å². The van der Waals surface area contributed by atoms with Crippen molar-refractivity contribution in [1.82, 2.24) is 0 Å². The Labute approximate surface area is 78.9 Å². The maximum atomic E-state index is 10.2. The minimum absolute atomic E-state index is 0.305. The van der Waals surface area contributed by atoms with Gasteiger partial charge in [-0.25, -0.2) is 0 Å². The second-order valence-corrected chi connectivity index (χ2v) is 5.90. The summed E-state index contributed by atoms with van der Waals surface area (Å²) in [7, 11) is 0. The van der Waals surface area contributed by atoms with Crippen LogP contribution in [-0.4, -0.2) is 21.2 Å². The average Bonchev–Trinajstić information content (AvgIpc) is 2.03. The van der Waals surface area contributed by atoms with E-state index in [0.717, 1.165) is 29.8 Å². The quantitative estimate of drug-likeness (QED) is 0.679. The molecule has 0 aromatic carbocycles. The van der Waals surface area contributed by atoms with E-state index in [1.165, 1.54) is 19.3 Å². The molecule has 0 aromatic heterocycles. The molecular weight excluding hydrogens is 168 g/mol. The maximum Gasteiger partial charge on any atom is 0.0666 e. The lowest BCUT2D eigenvalue weighted by Crippen LogP contribution is -2.42. The fourth-order valence-corrected chi connectivity index (χ4v) is 4.46. The lowest BCUT2D eigenvalue weighted by Gasteiger charge is -2.43. The van der Waals surface area contributed by atoms with E-state index in [-0.39, 0.29) is 5.60 Å². The molecule has 2 bridgehead atoms. The lowest BCUT2D eigenvalue weighted by molar-refractivity contribution is 0.00908. The van der Waals surface area contributed by atoms with Crippen LogP contribution in [0.25, 0.3) is 0 Å². The fraction of sp³-hybridized carbons (Fsp3) is 1.00. The van der Waals surface area contributed by atoms with Crippen LogP contribution in [0.1, 0.15) is 45.4 Å². The van der Waals surface area contributed by atoms with E-state index in [1.54, 1.807) is 0 Å². The highest BCUT2D eigenvalue weighted by Gasteiger charge is 2.39. The Morgan fingerprint density at radius 2 is 1.92 bits per heavy atom. The molecule has 2 unspecified atom stereocenters. The van der Waals surface area contributed by atoms with Gasteiger partial charge in [-0.1, -0.05) is 13.3 Å².